The van der Waals surface area contributed by atoms with Crippen LogP contribution in [0.2, 0.25) is 0 Å². The first-order valence-corrected chi connectivity index (χ1v) is 8.41. The summed E-state index contributed by atoms with van der Waals surface area (Å²) in [5.74, 6) is -3.41. The van der Waals surface area contributed by atoms with Crippen molar-refractivity contribution < 1.29 is 17.2 Å². The van der Waals surface area contributed by atoms with Gasteiger partial charge in [-0.3, -0.25) is 0 Å². The Kier molecular flexibility index (Phi) is 4.86. The molecule has 0 radical (unpaired) electrons. The van der Waals surface area contributed by atoms with Crippen molar-refractivity contribution in [1.82, 2.24) is 0 Å². The second kappa shape index (κ2) is 6.26. The molecule has 20 heavy (non-hydrogen) atoms. The Hall–Kier alpha value is -0.880. The second-order valence-corrected chi connectivity index (χ2v) is 7.40. The summed E-state index contributed by atoms with van der Waals surface area (Å²) in [6.07, 6.45) is 3.28. The van der Waals surface area contributed by atoms with Gasteiger partial charge in [-0.05, 0) is 37.8 Å². The number of anilines is 1. The van der Waals surface area contributed by atoms with E-state index in [1.807, 2.05) is 0 Å². The van der Waals surface area contributed by atoms with E-state index >= 15 is 0 Å². The predicted octanol–water partition coefficient (Wildman–Crippen LogP) is 3.64. The molecular weight excluding hydrogens is 308 g/mol. The van der Waals surface area contributed by atoms with Crippen LogP contribution >= 0.6 is 11.6 Å². The molecule has 2 rings (SSSR count). The van der Waals surface area contributed by atoms with Crippen LogP contribution in [0, 0.1) is 0 Å². The van der Waals surface area contributed by atoms with E-state index in [9.17, 15) is 17.2 Å². The summed E-state index contributed by atoms with van der Waals surface area (Å²) in [5.41, 5.74) is 0.242. The standard InChI is InChI=1S/C13H16ClF2NO2S/c14-9-5-7-10(8-6-9)17-11-3-1-2-4-12(11)20(18,19)13(15)16/h1-4,9-10,13,17H,5-8H2. The van der Waals surface area contributed by atoms with Crippen LogP contribution in [0.1, 0.15) is 25.7 Å². The smallest absolute Gasteiger partial charge is 0.341 e. The van der Waals surface area contributed by atoms with Gasteiger partial charge >= 0.3 is 5.76 Å². The predicted molar refractivity (Wildman–Crippen MR) is 75.2 cm³/mol. The Balaban J connectivity index is 2.21. The molecule has 0 unspecified atom stereocenters. The number of nitrogens with one attached hydrogen (secondary N) is 1. The Morgan fingerprint density at radius 1 is 1.15 bits per heavy atom. The van der Waals surface area contributed by atoms with Crippen molar-refractivity contribution in [3.05, 3.63) is 24.3 Å². The Morgan fingerprint density at radius 2 is 1.75 bits per heavy atom. The highest BCUT2D eigenvalue weighted by Gasteiger charge is 2.30. The number of benzene rings is 1. The molecule has 1 aromatic carbocycles. The lowest BCUT2D eigenvalue weighted by Crippen LogP contribution is -2.27. The van der Waals surface area contributed by atoms with E-state index in [-0.39, 0.29) is 22.0 Å². The van der Waals surface area contributed by atoms with Crippen molar-refractivity contribution in [3.8, 4) is 0 Å². The minimum atomic E-state index is -4.59. The van der Waals surface area contributed by atoms with Crippen molar-refractivity contribution in [2.45, 2.75) is 47.8 Å². The summed E-state index contributed by atoms with van der Waals surface area (Å²) in [4.78, 5) is -0.344. The molecule has 1 aliphatic rings. The fraction of sp³-hybridized carbons (Fsp3) is 0.538. The van der Waals surface area contributed by atoms with Gasteiger partial charge in [0.25, 0.3) is 0 Å². The minimum Gasteiger partial charge on any atom is -0.381 e. The second-order valence-electron chi connectivity index (χ2n) is 4.90. The number of halogens is 3. The maximum absolute atomic E-state index is 12.7. The fourth-order valence-corrected chi connectivity index (χ4v) is 3.49. The van der Waals surface area contributed by atoms with E-state index in [1.165, 1.54) is 18.2 Å². The van der Waals surface area contributed by atoms with E-state index in [4.69, 9.17) is 11.6 Å². The summed E-state index contributed by atoms with van der Waals surface area (Å²) >= 11 is 6.01. The Bertz CT molecular complexity index is 557. The van der Waals surface area contributed by atoms with Crippen LogP contribution in [0.15, 0.2) is 29.2 Å². The Morgan fingerprint density at radius 3 is 2.35 bits per heavy atom. The van der Waals surface area contributed by atoms with Crippen LogP contribution < -0.4 is 5.32 Å². The van der Waals surface area contributed by atoms with Crippen molar-refractivity contribution in [1.29, 1.82) is 0 Å². The molecule has 1 saturated carbocycles. The van der Waals surface area contributed by atoms with Gasteiger partial charge in [0.1, 0.15) is 0 Å². The molecule has 1 fully saturated rings. The molecule has 0 aromatic heterocycles. The van der Waals surface area contributed by atoms with Crippen LogP contribution in [0.4, 0.5) is 14.5 Å². The number of rotatable bonds is 4. The lowest BCUT2D eigenvalue weighted by Gasteiger charge is -2.27. The highest BCUT2D eigenvalue weighted by atomic mass is 35.5. The molecule has 7 heteroatoms. The third-order valence-electron chi connectivity index (χ3n) is 3.44. The van der Waals surface area contributed by atoms with Gasteiger partial charge in [0.15, 0.2) is 0 Å². The first-order chi connectivity index (χ1) is 9.41. The van der Waals surface area contributed by atoms with Gasteiger partial charge < -0.3 is 5.32 Å². The first-order valence-electron chi connectivity index (χ1n) is 6.43. The average molecular weight is 324 g/mol. The molecular formula is C13H16ClF2NO2S. The molecule has 0 bridgehead atoms. The lowest BCUT2D eigenvalue weighted by atomic mass is 9.95. The van der Waals surface area contributed by atoms with Crippen molar-refractivity contribution in [2.75, 3.05) is 5.32 Å². The summed E-state index contributed by atoms with van der Waals surface area (Å²) in [7, 11) is -4.59. The van der Waals surface area contributed by atoms with E-state index in [0.29, 0.717) is 0 Å². The van der Waals surface area contributed by atoms with Crippen LogP contribution in [-0.2, 0) is 9.84 Å². The van der Waals surface area contributed by atoms with Gasteiger partial charge in [-0.15, -0.1) is 11.6 Å². The van der Waals surface area contributed by atoms with E-state index in [0.717, 1.165) is 25.7 Å². The molecule has 112 valence electrons. The summed E-state index contributed by atoms with van der Waals surface area (Å²) in [6.45, 7) is 0. The molecule has 3 nitrogen and oxygen atoms in total. The number of sulfone groups is 1. The maximum Gasteiger partial charge on any atom is 0.341 e. The normalized spacial score (nSPS) is 23.8. The molecule has 1 aliphatic carbocycles. The zero-order valence-electron chi connectivity index (χ0n) is 10.7. The fourth-order valence-electron chi connectivity index (χ4n) is 2.35. The minimum absolute atomic E-state index is 0.0685. The molecule has 1 aromatic rings. The van der Waals surface area contributed by atoms with Gasteiger partial charge in [0, 0.05) is 11.4 Å². The molecule has 1 N–H and O–H groups in total. The molecule has 0 heterocycles. The Labute approximate surface area is 122 Å². The van der Waals surface area contributed by atoms with Crippen LogP contribution in [0.3, 0.4) is 0 Å². The number of alkyl halides is 3. The molecule has 0 spiro atoms. The lowest BCUT2D eigenvalue weighted by molar-refractivity contribution is 0.235. The summed E-state index contributed by atoms with van der Waals surface area (Å²) in [5, 5.41) is 3.21. The van der Waals surface area contributed by atoms with Crippen molar-refractivity contribution >= 4 is 27.1 Å². The van der Waals surface area contributed by atoms with Crippen LogP contribution in [-0.4, -0.2) is 25.6 Å². The first kappa shape index (κ1) is 15.5. The number of hydrogen-bond donors (Lipinski definition) is 1. The monoisotopic (exact) mass is 323 g/mol. The highest BCUT2D eigenvalue weighted by molar-refractivity contribution is 7.91. The van der Waals surface area contributed by atoms with Gasteiger partial charge in [-0.25, -0.2) is 8.42 Å². The molecule has 0 saturated heterocycles. The average Bonchev–Trinajstić information content (AvgIpc) is 2.41. The van der Waals surface area contributed by atoms with E-state index < -0.39 is 15.6 Å². The number of hydrogen-bond acceptors (Lipinski definition) is 3. The molecule has 0 aliphatic heterocycles. The number of para-hydroxylation sites is 1. The van der Waals surface area contributed by atoms with Crippen molar-refractivity contribution in [2.24, 2.45) is 0 Å². The van der Waals surface area contributed by atoms with Crippen LogP contribution in [0.25, 0.3) is 0 Å². The van der Waals surface area contributed by atoms with Crippen LogP contribution in [0.5, 0.6) is 0 Å². The van der Waals surface area contributed by atoms with Crippen molar-refractivity contribution in [3.63, 3.8) is 0 Å². The zero-order valence-corrected chi connectivity index (χ0v) is 12.3. The topological polar surface area (TPSA) is 46.2 Å². The van der Waals surface area contributed by atoms with Gasteiger partial charge in [-0.1, -0.05) is 12.1 Å². The third kappa shape index (κ3) is 3.41. The quantitative estimate of drug-likeness (QED) is 0.860. The summed E-state index contributed by atoms with van der Waals surface area (Å²) < 4.78 is 48.6. The highest BCUT2D eigenvalue weighted by Crippen LogP contribution is 2.30. The van der Waals surface area contributed by atoms with Gasteiger partial charge in [-0.2, -0.15) is 8.78 Å². The summed E-state index contributed by atoms with van der Waals surface area (Å²) in [6, 6.07) is 5.86. The molecule has 0 amide bonds. The maximum atomic E-state index is 12.7. The molecule has 0 atom stereocenters. The van der Waals surface area contributed by atoms with E-state index in [1.54, 1.807) is 6.07 Å². The van der Waals surface area contributed by atoms with Gasteiger partial charge in [0.2, 0.25) is 9.84 Å². The SMILES string of the molecule is O=S(=O)(c1ccccc1NC1CCC(Cl)CC1)C(F)F. The van der Waals surface area contributed by atoms with Gasteiger partial charge in [0.05, 0.1) is 10.6 Å². The largest absolute Gasteiger partial charge is 0.381 e. The zero-order chi connectivity index (χ0) is 14.8. The third-order valence-corrected chi connectivity index (χ3v) is 5.32. The van der Waals surface area contributed by atoms with E-state index in [2.05, 4.69) is 5.32 Å².